The largest absolute Gasteiger partial charge is 0.481 e. The number of nitrogens with zero attached hydrogens (tertiary/aromatic N) is 1. The summed E-state index contributed by atoms with van der Waals surface area (Å²) in [7, 11) is 0. The van der Waals surface area contributed by atoms with Crippen LogP contribution in [0.3, 0.4) is 0 Å². The van der Waals surface area contributed by atoms with Gasteiger partial charge in [-0.1, -0.05) is 6.07 Å². The lowest BCUT2D eigenvalue weighted by molar-refractivity contribution is -0.136. The van der Waals surface area contributed by atoms with E-state index in [4.69, 9.17) is 5.11 Å². The first-order valence-corrected chi connectivity index (χ1v) is 5.81. The fraction of sp³-hybridized carbons (Fsp3) is 0.273. The van der Waals surface area contributed by atoms with Gasteiger partial charge in [0.05, 0.1) is 12.1 Å². The molecule has 2 aromatic rings. The van der Waals surface area contributed by atoms with Crippen molar-refractivity contribution in [2.45, 2.75) is 19.8 Å². The van der Waals surface area contributed by atoms with Gasteiger partial charge in [-0.05, 0) is 18.4 Å². The second-order valence-corrected chi connectivity index (χ2v) is 4.61. The minimum atomic E-state index is -0.850. The van der Waals surface area contributed by atoms with Crippen LogP contribution in [0.5, 0.6) is 0 Å². The number of aromatic amines is 1. The van der Waals surface area contributed by atoms with Crippen LogP contribution in [0.15, 0.2) is 17.5 Å². The van der Waals surface area contributed by atoms with Crippen LogP contribution in [0.2, 0.25) is 0 Å². The van der Waals surface area contributed by atoms with E-state index in [0.717, 1.165) is 17.9 Å². The van der Waals surface area contributed by atoms with Gasteiger partial charge in [-0.3, -0.25) is 4.79 Å². The molecule has 0 spiro atoms. The van der Waals surface area contributed by atoms with Crippen molar-refractivity contribution >= 4 is 17.3 Å². The Kier molecular flexibility index (Phi) is 3.05. The monoisotopic (exact) mass is 236 g/mol. The third-order valence-electron chi connectivity index (χ3n) is 2.28. The molecule has 5 heteroatoms. The first-order valence-electron chi connectivity index (χ1n) is 4.93. The number of aliphatic carboxylic acids is 1. The highest BCUT2D eigenvalue weighted by atomic mass is 32.1. The number of carboxylic acid groups (broad SMARTS) is 1. The van der Waals surface area contributed by atoms with Crippen LogP contribution in [0.1, 0.15) is 22.1 Å². The fourth-order valence-corrected chi connectivity index (χ4v) is 2.25. The Morgan fingerprint density at radius 1 is 1.62 bits per heavy atom. The Morgan fingerprint density at radius 3 is 3.06 bits per heavy atom. The number of imidazole rings is 1. The lowest BCUT2D eigenvalue weighted by Gasteiger charge is -1.91. The molecule has 2 heterocycles. The maximum Gasteiger partial charge on any atom is 0.309 e. The van der Waals surface area contributed by atoms with Crippen LogP contribution in [0.25, 0.3) is 0 Å². The van der Waals surface area contributed by atoms with Crippen molar-refractivity contribution in [1.82, 2.24) is 9.97 Å². The number of aryl methyl sites for hydroxylation is 1. The molecule has 0 fully saturated rings. The van der Waals surface area contributed by atoms with Crippen molar-refractivity contribution < 1.29 is 9.90 Å². The molecule has 4 nitrogen and oxygen atoms in total. The average Bonchev–Trinajstić information content (AvgIpc) is 2.78. The van der Waals surface area contributed by atoms with Crippen LogP contribution < -0.4 is 0 Å². The number of carbonyl (C=O) groups is 1. The number of aromatic nitrogens is 2. The highest BCUT2D eigenvalue weighted by molar-refractivity contribution is 7.09. The minimum absolute atomic E-state index is 0.0211. The molecule has 2 rings (SSSR count). The summed E-state index contributed by atoms with van der Waals surface area (Å²) in [4.78, 5) is 19.2. The second-order valence-electron chi connectivity index (χ2n) is 3.58. The number of thiophene rings is 1. The molecule has 0 radical (unpaired) electrons. The molecule has 0 saturated carbocycles. The third-order valence-corrected chi connectivity index (χ3v) is 3.15. The third kappa shape index (κ3) is 2.49. The summed E-state index contributed by atoms with van der Waals surface area (Å²) in [5.74, 6) is -0.0199. The normalized spacial score (nSPS) is 10.6. The molecule has 0 aromatic carbocycles. The maximum atomic E-state index is 10.6. The van der Waals surface area contributed by atoms with Gasteiger partial charge in [0.15, 0.2) is 0 Å². The lowest BCUT2D eigenvalue weighted by Crippen LogP contribution is -2.01. The van der Waals surface area contributed by atoms with E-state index in [-0.39, 0.29) is 6.42 Å². The SMILES string of the molecule is Cc1[nH]c(Cc2cccs2)nc1CC(=O)O. The van der Waals surface area contributed by atoms with Crippen LogP contribution in [-0.4, -0.2) is 21.0 Å². The average molecular weight is 236 g/mol. The minimum Gasteiger partial charge on any atom is -0.481 e. The van der Waals surface area contributed by atoms with Crippen LogP contribution in [0.4, 0.5) is 0 Å². The highest BCUT2D eigenvalue weighted by Crippen LogP contribution is 2.14. The Hall–Kier alpha value is -1.62. The molecule has 16 heavy (non-hydrogen) atoms. The molecule has 0 atom stereocenters. The zero-order valence-corrected chi connectivity index (χ0v) is 9.67. The zero-order chi connectivity index (χ0) is 11.5. The molecule has 2 N–H and O–H groups in total. The van der Waals surface area contributed by atoms with E-state index >= 15 is 0 Å². The summed E-state index contributed by atoms with van der Waals surface area (Å²) in [5.41, 5.74) is 1.47. The predicted octanol–water partition coefficient (Wildman–Crippen LogP) is 2.00. The number of rotatable bonds is 4. The summed E-state index contributed by atoms with van der Waals surface area (Å²) < 4.78 is 0. The summed E-state index contributed by atoms with van der Waals surface area (Å²) in [5, 5.41) is 10.7. The molecular weight excluding hydrogens is 224 g/mol. The van der Waals surface area contributed by atoms with Crippen LogP contribution in [0, 0.1) is 6.92 Å². The molecule has 2 aromatic heterocycles. The van der Waals surface area contributed by atoms with Gasteiger partial charge in [-0.2, -0.15) is 0 Å². The highest BCUT2D eigenvalue weighted by Gasteiger charge is 2.10. The molecule has 0 aliphatic carbocycles. The molecule has 0 aliphatic heterocycles. The topological polar surface area (TPSA) is 66.0 Å². The standard InChI is InChI=1S/C11H12N2O2S/c1-7-9(6-11(14)15)13-10(12-7)5-8-3-2-4-16-8/h2-4H,5-6H2,1H3,(H,12,13)(H,14,15). The molecule has 84 valence electrons. The lowest BCUT2D eigenvalue weighted by atomic mass is 10.3. The van der Waals surface area contributed by atoms with Gasteiger partial charge in [0.25, 0.3) is 0 Å². The van der Waals surface area contributed by atoms with Crippen molar-refractivity contribution in [3.05, 3.63) is 39.6 Å². The van der Waals surface area contributed by atoms with Gasteiger partial charge >= 0.3 is 5.97 Å². The van der Waals surface area contributed by atoms with Crippen LogP contribution >= 0.6 is 11.3 Å². The quantitative estimate of drug-likeness (QED) is 0.853. The van der Waals surface area contributed by atoms with Gasteiger partial charge in [0.1, 0.15) is 5.82 Å². The van der Waals surface area contributed by atoms with Gasteiger partial charge < -0.3 is 10.1 Å². The molecule has 0 amide bonds. The Labute approximate surface area is 97.0 Å². The summed E-state index contributed by atoms with van der Waals surface area (Å²) >= 11 is 1.67. The van der Waals surface area contributed by atoms with E-state index in [9.17, 15) is 4.79 Å². The van der Waals surface area contributed by atoms with Crippen molar-refractivity contribution in [3.8, 4) is 0 Å². The van der Waals surface area contributed by atoms with E-state index in [1.54, 1.807) is 11.3 Å². The summed E-state index contributed by atoms with van der Waals surface area (Å²) in [6.07, 6.45) is 0.713. The molecule has 0 bridgehead atoms. The predicted molar refractivity (Wildman–Crippen MR) is 61.8 cm³/mol. The molecule has 0 unspecified atom stereocenters. The molecule has 0 saturated heterocycles. The van der Waals surface area contributed by atoms with Gasteiger partial charge in [-0.25, -0.2) is 4.98 Å². The van der Waals surface area contributed by atoms with Crippen molar-refractivity contribution in [3.63, 3.8) is 0 Å². The zero-order valence-electron chi connectivity index (χ0n) is 8.86. The van der Waals surface area contributed by atoms with E-state index in [2.05, 4.69) is 9.97 Å². The fourth-order valence-electron chi connectivity index (χ4n) is 1.54. The van der Waals surface area contributed by atoms with E-state index in [1.807, 2.05) is 24.4 Å². The second kappa shape index (κ2) is 4.49. The Morgan fingerprint density at radius 2 is 2.44 bits per heavy atom. The number of hydrogen-bond acceptors (Lipinski definition) is 3. The number of carboxylic acids is 1. The number of H-pyrrole nitrogens is 1. The van der Waals surface area contributed by atoms with E-state index in [0.29, 0.717) is 5.69 Å². The first-order chi connectivity index (χ1) is 7.65. The van der Waals surface area contributed by atoms with Gasteiger partial charge in [0.2, 0.25) is 0 Å². The van der Waals surface area contributed by atoms with Crippen molar-refractivity contribution in [2.75, 3.05) is 0 Å². The van der Waals surface area contributed by atoms with Crippen molar-refractivity contribution in [2.24, 2.45) is 0 Å². The molecule has 0 aliphatic rings. The van der Waals surface area contributed by atoms with Crippen molar-refractivity contribution in [1.29, 1.82) is 0 Å². The molecular formula is C11H12N2O2S. The number of hydrogen-bond donors (Lipinski definition) is 2. The van der Waals surface area contributed by atoms with E-state index in [1.165, 1.54) is 4.88 Å². The Bertz CT molecular complexity index is 488. The smallest absolute Gasteiger partial charge is 0.309 e. The summed E-state index contributed by atoms with van der Waals surface area (Å²) in [6, 6.07) is 4.04. The Balaban J connectivity index is 2.14. The maximum absolute atomic E-state index is 10.6. The van der Waals surface area contributed by atoms with E-state index < -0.39 is 5.97 Å². The van der Waals surface area contributed by atoms with Gasteiger partial charge in [0, 0.05) is 17.0 Å². The number of nitrogens with one attached hydrogen (secondary N) is 1. The summed E-state index contributed by atoms with van der Waals surface area (Å²) in [6.45, 7) is 1.85. The van der Waals surface area contributed by atoms with Gasteiger partial charge in [-0.15, -0.1) is 11.3 Å². The first kappa shape index (κ1) is 10.9. The van der Waals surface area contributed by atoms with Crippen LogP contribution in [-0.2, 0) is 17.6 Å².